The first-order valence-electron chi connectivity index (χ1n) is 4.67. The maximum Gasteiger partial charge on any atom is 0.255 e. The molecule has 0 saturated carbocycles. The van der Waals surface area contributed by atoms with Gasteiger partial charge in [-0.1, -0.05) is 11.6 Å². The maximum absolute atomic E-state index is 11.7. The number of carbonyl (C=O) groups excluding carboxylic acids is 1. The zero-order valence-corrected chi connectivity index (χ0v) is 9.80. The molecule has 0 aliphatic carbocycles. The number of amides is 1. The summed E-state index contributed by atoms with van der Waals surface area (Å²) in [6, 6.07) is 1.66. The predicted octanol–water partition coefficient (Wildman–Crippen LogP) is 1.87. The highest BCUT2D eigenvalue weighted by atomic mass is 35.5. The van der Waals surface area contributed by atoms with Crippen LogP contribution < -0.4 is 5.32 Å². The monoisotopic (exact) mass is 227 g/mol. The van der Waals surface area contributed by atoms with Crippen molar-refractivity contribution in [3.05, 3.63) is 22.8 Å². The lowest BCUT2D eigenvalue weighted by Gasteiger charge is -2.12. The van der Waals surface area contributed by atoms with Crippen molar-refractivity contribution in [2.75, 3.05) is 26.0 Å². The number of carbonyl (C=O) groups is 1. The molecule has 0 atom stereocenters. The second kappa shape index (κ2) is 4.98. The standard InChI is InChI=1S/C10H14ClN3O/c1-4-12-9-5-7(8(11)6-13-9)10(15)14(2)3/h5-6H,4H2,1-3H3,(H,12,13). The van der Waals surface area contributed by atoms with E-state index in [4.69, 9.17) is 11.6 Å². The van der Waals surface area contributed by atoms with Gasteiger partial charge in [0.1, 0.15) is 5.82 Å². The Balaban J connectivity index is 3.05. The molecule has 15 heavy (non-hydrogen) atoms. The number of nitrogens with zero attached hydrogens (tertiary/aromatic N) is 2. The molecule has 0 radical (unpaired) electrons. The molecule has 1 aromatic heterocycles. The van der Waals surface area contributed by atoms with Crippen molar-refractivity contribution in [1.82, 2.24) is 9.88 Å². The number of nitrogens with one attached hydrogen (secondary N) is 1. The van der Waals surface area contributed by atoms with E-state index < -0.39 is 0 Å². The predicted molar refractivity (Wildman–Crippen MR) is 61.4 cm³/mol. The van der Waals surface area contributed by atoms with Gasteiger partial charge in [-0.15, -0.1) is 0 Å². The van der Waals surface area contributed by atoms with Crippen LogP contribution in [0.15, 0.2) is 12.3 Å². The van der Waals surface area contributed by atoms with Crippen molar-refractivity contribution in [2.24, 2.45) is 0 Å². The van der Waals surface area contributed by atoms with Crippen molar-refractivity contribution in [1.29, 1.82) is 0 Å². The third-order valence-corrected chi connectivity index (χ3v) is 2.15. The minimum Gasteiger partial charge on any atom is -0.370 e. The van der Waals surface area contributed by atoms with Gasteiger partial charge in [0.2, 0.25) is 0 Å². The summed E-state index contributed by atoms with van der Waals surface area (Å²) >= 11 is 5.90. The van der Waals surface area contributed by atoms with Crippen LogP contribution in [0.4, 0.5) is 5.82 Å². The Morgan fingerprint density at radius 1 is 1.60 bits per heavy atom. The van der Waals surface area contributed by atoms with Crippen LogP contribution in [0.1, 0.15) is 17.3 Å². The van der Waals surface area contributed by atoms with Crippen LogP contribution in [0.5, 0.6) is 0 Å². The Morgan fingerprint density at radius 2 is 2.27 bits per heavy atom. The molecular formula is C10H14ClN3O. The van der Waals surface area contributed by atoms with Gasteiger partial charge in [0.05, 0.1) is 10.6 Å². The highest BCUT2D eigenvalue weighted by Crippen LogP contribution is 2.18. The highest BCUT2D eigenvalue weighted by Gasteiger charge is 2.13. The van der Waals surface area contributed by atoms with Crippen LogP contribution in [-0.2, 0) is 0 Å². The van der Waals surface area contributed by atoms with Crippen LogP contribution in [0.3, 0.4) is 0 Å². The Bertz CT molecular complexity index is 366. The normalized spacial score (nSPS) is 9.87. The summed E-state index contributed by atoms with van der Waals surface area (Å²) in [5.41, 5.74) is 0.465. The molecule has 0 spiro atoms. The van der Waals surface area contributed by atoms with E-state index in [9.17, 15) is 4.79 Å². The second-order valence-corrected chi connectivity index (χ2v) is 3.69. The molecule has 0 aliphatic rings. The molecular weight excluding hydrogens is 214 g/mol. The van der Waals surface area contributed by atoms with Gasteiger partial charge < -0.3 is 10.2 Å². The van der Waals surface area contributed by atoms with Gasteiger partial charge in [-0.3, -0.25) is 4.79 Å². The molecule has 1 heterocycles. The fourth-order valence-electron chi connectivity index (χ4n) is 1.12. The average molecular weight is 228 g/mol. The first-order valence-corrected chi connectivity index (χ1v) is 5.05. The van der Waals surface area contributed by atoms with Gasteiger partial charge in [-0.25, -0.2) is 4.98 Å². The molecule has 1 amide bonds. The first kappa shape index (κ1) is 11.8. The number of hydrogen-bond acceptors (Lipinski definition) is 3. The maximum atomic E-state index is 11.7. The Kier molecular flexibility index (Phi) is 3.91. The Labute approximate surface area is 94.3 Å². The number of rotatable bonds is 3. The van der Waals surface area contributed by atoms with E-state index in [2.05, 4.69) is 10.3 Å². The number of aromatic nitrogens is 1. The average Bonchev–Trinajstić information content (AvgIpc) is 2.20. The summed E-state index contributed by atoms with van der Waals surface area (Å²) in [6.07, 6.45) is 1.48. The quantitative estimate of drug-likeness (QED) is 0.858. The molecule has 0 aliphatic heterocycles. The van der Waals surface area contributed by atoms with E-state index in [1.54, 1.807) is 20.2 Å². The largest absolute Gasteiger partial charge is 0.370 e. The van der Waals surface area contributed by atoms with Gasteiger partial charge in [0.15, 0.2) is 0 Å². The molecule has 0 unspecified atom stereocenters. The number of halogens is 1. The van der Waals surface area contributed by atoms with Crippen molar-refractivity contribution < 1.29 is 4.79 Å². The zero-order chi connectivity index (χ0) is 11.4. The molecule has 1 rings (SSSR count). The highest BCUT2D eigenvalue weighted by molar-refractivity contribution is 6.33. The molecule has 0 aromatic carbocycles. The van der Waals surface area contributed by atoms with E-state index >= 15 is 0 Å². The number of anilines is 1. The molecule has 0 saturated heterocycles. The van der Waals surface area contributed by atoms with Crippen LogP contribution in [-0.4, -0.2) is 36.4 Å². The summed E-state index contributed by atoms with van der Waals surface area (Å²) in [7, 11) is 3.37. The minimum atomic E-state index is -0.124. The smallest absolute Gasteiger partial charge is 0.255 e. The zero-order valence-electron chi connectivity index (χ0n) is 9.04. The lowest BCUT2D eigenvalue weighted by Crippen LogP contribution is -2.22. The van der Waals surface area contributed by atoms with E-state index in [1.807, 2.05) is 6.92 Å². The summed E-state index contributed by atoms with van der Waals surface area (Å²) in [5, 5.41) is 3.40. The van der Waals surface area contributed by atoms with Crippen LogP contribution in [0, 0.1) is 0 Å². The van der Waals surface area contributed by atoms with E-state index in [0.717, 1.165) is 6.54 Å². The molecule has 0 bridgehead atoms. The molecule has 0 fully saturated rings. The lowest BCUT2D eigenvalue weighted by molar-refractivity contribution is 0.0827. The van der Waals surface area contributed by atoms with Crippen molar-refractivity contribution in [3.8, 4) is 0 Å². The summed E-state index contributed by atoms with van der Waals surface area (Å²) in [6.45, 7) is 2.72. The SMILES string of the molecule is CCNc1cc(C(=O)N(C)C)c(Cl)cn1. The fourth-order valence-corrected chi connectivity index (χ4v) is 1.31. The molecule has 1 aromatic rings. The lowest BCUT2D eigenvalue weighted by atomic mass is 10.2. The van der Waals surface area contributed by atoms with Crippen molar-refractivity contribution in [2.45, 2.75) is 6.92 Å². The second-order valence-electron chi connectivity index (χ2n) is 3.28. The minimum absolute atomic E-state index is 0.124. The van der Waals surface area contributed by atoms with Gasteiger partial charge in [-0.05, 0) is 13.0 Å². The molecule has 5 heteroatoms. The number of pyridine rings is 1. The first-order chi connectivity index (χ1) is 7.06. The fraction of sp³-hybridized carbons (Fsp3) is 0.400. The Hall–Kier alpha value is -1.29. The van der Waals surface area contributed by atoms with Crippen LogP contribution in [0.25, 0.3) is 0 Å². The van der Waals surface area contributed by atoms with E-state index in [-0.39, 0.29) is 5.91 Å². The van der Waals surface area contributed by atoms with Crippen LogP contribution in [0.2, 0.25) is 5.02 Å². The van der Waals surface area contributed by atoms with E-state index in [0.29, 0.717) is 16.4 Å². The Morgan fingerprint density at radius 3 is 2.80 bits per heavy atom. The summed E-state index contributed by atoms with van der Waals surface area (Å²) in [4.78, 5) is 17.2. The van der Waals surface area contributed by atoms with Gasteiger partial charge in [0, 0.05) is 26.8 Å². The van der Waals surface area contributed by atoms with Crippen molar-refractivity contribution in [3.63, 3.8) is 0 Å². The molecule has 1 N–H and O–H groups in total. The third kappa shape index (κ3) is 2.83. The molecule has 82 valence electrons. The summed E-state index contributed by atoms with van der Waals surface area (Å²) in [5.74, 6) is 0.536. The third-order valence-electron chi connectivity index (χ3n) is 1.85. The van der Waals surface area contributed by atoms with E-state index in [1.165, 1.54) is 11.1 Å². The van der Waals surface area contributed by atoms with Gasteiger partial charge >= 0.3 is 0 Å². The molecule has 4 nitrogen and oxygen atoms in total. The number of hydrogen-bond donors (Lipinski definition) is 1. The van der Waals surface area contributed by atoms with Gasteiger partial charge in [0.25, 0.3) is 5.91 Å². The van der Waals surface area contributed by atoms with Gasteiger partial charge in [-0.2, -0.15) is 0 Å². The van der Waals surface area contributed by atoms with Crippen molar-refractivity contribution >= 4 is 23.3 Å². The topological polar surface area (TPSA) is 45.2 Å². The summed E-state index contributed by atoms with van der Waals surface area (Å²) < 4.78 is 0. The van der Waals surface area contributed by atoms with Crippen LogP contribution >= 0.6 is 11.6 Å².